The van der Waals surface area contributed by atoms with E-state index in [1.165, 1.54) is 0 Å². The summed E-state index contributed by atoms with van der Waals surface area (Å²) in [5.41, 5.74) is 2.74. The zero-order valence-electron chi connectivity index (χ0n) is 16.7. The molecule has 0 aliphatic heterocycles. The van der Waals surface area contributed by atoms with E-state index >= 15 is 0 Å². The summed E-state index contributed by atoms with van der Waals surface area (Å²) in [6.07, 6.45) is 3.66. The molecule has 1 heterocycles. The molecule has 146 valence electrons. The van der Waals surface area contributed by atoms with Crippen molar-refractivity contribution in [1.29, 1.82) is 5.26 Å². The van der Waals surface area contributed by atoms with Gasteiger partial charge in [-0.15, -0.1) is 0 Å². The van der Waals surface area contributed by atoms with Crippen molar-refractivity contribution in [1.82, 2.24) is 4.57 Å². The van der Waals surface area contributed by atoms with Gasteiger partial charge in [0.25, 0.3) is 5.56 Å². The zero-order chi connectivity index (χ0) is 20.8. The van der Waals surface area contributed by atoms with Crippen LogP contribution in [0.25, 0.3) is 17.8 Å². The van der Waals surface area contributed by atoms with Crippen LogP contribution in [-0.2, 0) is 0 Å². The quantitative estimate of drug-likeness (QED) is 0.621. The van der Waals surface area contributed by atoms with E-state index in [0.717, 1.165) is 22.8 Å². The van der Waals surface area contributed by atoms with E-state index in [1.54, 1.807) is 17.8 Å². The maximum atomic E-state index is 13.0. The first-order valence-corrected chi connectivity index (χ1v) is 9.29. The molecule has 0 bridgehead atoms. The maximum absolute atomic E-state index is 13.0. The van der Waals surface area contributed by atoms with Crippen LogP contribution in [-0.4, -0.2) is 18.3 Å². The van der Waals surface area contributed by atoms with Crippen LogP contribution in [0.5, 0.6) is 11.5 Å². The molecule has 0 saturated carbocycles. The molecular formula is C24H22N2O3. The fraction of sp³-hybridized carbons (Fsp3) is 0.167. The lowest BCUT2D eigenvalue weighted by atomic mass is 10.1. The smallest absolute Gasteiger partial charge is 0.273 e. The standard InChI is InChI=1S/C24H22N2O3/c1-4-29-22-13-9-20(10-14-22)26-17(2)15-19(23(16-25)24(26)27)8-5-18-6-11-21(28-3)12-7-18/h5-15H,4H2,1-3H3/b8-5+. The zero-order valence-corrected chi connectivity index (χ0v) is 16.7. The van der Waals surface area contributed by atoms with Gasteiger partial charge in [0, 0.05) is 11.4 Å². The Labute approximate surface area is 170 Å². The molecule has 1 aromatic heterocycles. The van der Waals surface area contributed by atoms with Gasteiger partial charge < -0.3 is 9.47 Å². The van der Waals surface area contributed by atoms with Crippen molar-refractivity contribution in [3.05, 3.63) is 87.3 Å². The van der Waals surface area contributed by atoms with Gasteiger partial charge in [-0.3, -0.25) is 9.36 Å². The normalized spacial score (nSPS) is 10.7. The minimum Gasteiger partial charge on any atom is -0.497 e. The van der Waals surface area contributed by atoms with E-state index in [-0.39, 0.29) is 11.1 Å². The summed E-state index contributed by atoms with van der Waals surface area (Å²) in [5, 5.41) is 9.61. The third-order valence-electron chi connectivity index (χ3n) is 4.51. The Bertz CT molecular complexity index is 1120. The largest absolute Gasteiger partial charge is 0.497 e. The fourth-order valence-corrected chi connectivity index (χ4v) is 3.08. The summed E-state index contributed by atoms with van der Waals surface area (Å²) in [6.45, 7) is 4.34. The predicted molar refractivity (Wildman–Crippen MR) is 115 cm³/mol. The van der Waals surface area contributed by atoms with Crippen molar-refractivity contribution in [3.63, 3.8) is 0 Å². The lowest BCUT2D eigenvalue weighted by Crippen LogP contribution is -2.24. The minimum absolute atomic E-state index is 0.106. The van der Waals surface area contributed by atoms with Gasteiger partial charge >= 0.3 is 0 Å². The van der Waals surface area contributed by atoms with Crippen molar-refractivity contribution in [3.8, 4) is 23.3 Å². The molecule has 0 radical (unpaired) electrons. The summed E-state index contributed by atoms with van der Waals surface area (Å²) < 4.78 is 12.2. The highest BCUT2D eigenvalue weighted by molar-refractivity contribution is 5.73. The van der Waals surface area contributed by atoms with Gasteiger partial charge in [-0.05, 0) is 67.4 Å². The van der Waals surface area contributed by atoms with E-state index in [1.807, 2.05) is 74.5 Å². The summed E-state index contributed by atoms with van der Waals surface area (Å²) >= 11 is 0. The summed E-state index contributed by atoms with van der Waals surface area (Å²) in [6, 6.07) is 18.7. The molecule has 0 spiro atoms. The third-order valence-corrected chi connectivity index (χ3v) is 4.51. The Kier molecular flexibility index (Phi) is 6.16. The second kappa shape index (κ2) is 8.94. The van der Waals surface area contributed by atoms with Gasteiger partial charge in [0.05, 0.1) is 13.7 Å². The number of pyridine rings is 1. The number of nitrogens with zero attached hydrogens (tertiary/aromatic N) is 2. The first kappa shape index (κ1) is 20.0. The monoisotopic (exact) mass is 386 g/mol. The Hall–Kier alpha value is -3.78. The van der Waals surface area contributed by atoms with Crippen molar-refractivity contribution < 1.29 is 9.47 Å². The minimum atomic E-state index is -0.342. The van der Waals surface area contributed by atoms with Gasteiger partial charge in [0.1, 0.15) is 23.1 Å². The molecule has 0 saturated heterocycles. The topological polar surface area (TPSA) is 64.2 Å². The second-order valence-electron chi connectivity index (χ2n) is 6.40. The van der Waals surface area contributed by atoms with Gasteiger partial charge in [-0.1, -0.05) is 24.3 Å². The highest BCUT2D eigenvalue weighted by atomic mass is 16.5. The fourth-order valence-electron chi connectivity index (χ4n) is 3.08. The Morgan fingerprint density at radius 3 is 2.28 bits per heavy atom. The number of aryl methyl sites for hydroxylation is 1. The third kappa shape index (κ3) is 4.39. The molecule has 0 fully saturated rings. The number of benzene rings is 2. The van der Waals surface area contributed by atoms with Gasteiger partial charge in [0.2, 0.25) is 0 Å². The lowest BCUT2D eigenvalue weighted by Gasteiger charge is -2.13. The molecule has 0 atom stereocenters. The SMILES string of the molecule is CCOc1ccc(-n2c(C)cc(/C=C/c3ccc(OC)cc3)c(C#N)c2=O)cc1. The molecule has 0 unspecified atom stereocenters. The highest BCUT2D eigenvalue weighted by Gasteiger charge is 2.12. The first-order valence-electron chi connectivity index (χ1n) is 9.29. The maximum Gasteiger partial charge on any atom is 0.273 e. The van der Waals surface area contributed by atoms with Gasteiger partial charge in [-0.25, -0.2) is 0 Å². The summed E-state index contributed by atoms with van der Waals surface area (Å²) in [4.78, 5) is 13.0. The van der Waals surface area contributed by atoms with Crippen molar-refractivity contribution in [2.75, 3.05) is 13.7 Å². The van der Waals surface area contributed by atoms with Crippen molar-refractivity contribution in [2.24, 2.45) is 0 Å². The van der Waals surface area contributed by atoms with Crippen LogP contribution in [0.3, 0.4) is 0 Å². The van der Waals surface area contributed by atoms with Crippen LogP contribution in [0.4, 0.5) is 0 Å². The molecule has 0 amide bonds. The average Bonchev–Trinajstić information content (AvgIpc) is 2.74. The number of ether oxygens (including phenoxy) is 2. The highest BCUT2D eigenvalue weighted by Crippen LogP contribution is 2.19. The number of nitriles is 1. The van der Waals surface area contributed by atoms with Gasteiger partial charge in [-0.2, -0.15) is 5.26 Å². The Morgan fingerprint density at radius 2 is 1.69 bits per heavy atom. The van der Waals surface area contributed by atoms with Crippen molar-refractivity contribution >= 4 is 12.2 Å². The number of aromatic nitrogens is 1. The van der Waals surface area contributed by atoms with E-state index in [4.69, 9.17) is 9.47 Å². The molecule has 3 aromatic rings. The molecule has 0 N–H and O–H groups in total. The Balaban J connectivity index is 1.99. The molecule has 5 heteroatoms. The van der Waals surface area contributed by atoms with Crippen LogP contribution < -0.4 is 15.0 Å². The molecule has 5 nitrogen and oxygen atoms in total. The van der Waals surface area contributed by atoms with Crippen LogP contribution in [0.1, 0.15) is 29.3 Å². The predicted octanol–water partition coefficient (Wildman–Crippen LogP) is 4.60. The number of hydrogen-bond acceptors (Lipinski definition) is 4. The first-order chi connectivity index (χ1) is 14.1. The summed E-state index contributed by atoms with van der Waals surface area (Å²) in [5.74, 6) is 1.51. The molecule has 0 aliphatic rings. The number of methoxy groups -OCH3 is 1. The van der Waals surface area contributed by atoms with E-state index in [0.29, 0.717) is 17.9 Å². The van der Waals surface area contributed by atoms with Crippen LogP contribution in [0.2, 0.25) is 0 Å². The Morgan fingerprint density at radius 1 is 1.03 bits per heavy atom. The average molecular weight is 386 g/mol. The lowest BCUT2D eigenvalue weighted by molar-refractivity contribution is 0.340. The van der Waals surface area contributed by atoms with Crippen LogP contribution in [0.15, 0.2) is 59.4 Å². The molecule has 2 aromatic carbocycles. The molecule has 3 rings (SSSR count). The number of rotatable bonds is 6. The van der Waals surface area contributed by atoms with E-state index < -0.39 is 0 Å². The van der Waals surface area contributed by atoms with Gasteiger partial charge in [0.15, 0.2) is 0 Å². The van der Waals surface area contributed by atoms with Crippen LogP contribution >= 0.6 is 0 Å². The van der Waals surface area contributed by atoms with Crippen LogP contribution in [0, 0.1) is 18.3 Å². The molecule has 0 aliphatic carbocycles. The summed E-state index contributed by atoms with van der Waals surface area (Å²) in [7, 11) is 1.62. The van der Waals surface area contributed by atoms with E-state index in [2.05, 4.69) is 6.07 Å². The molecular weight excluding hydrogens is 364 g/mol. The van der Waals surface area contributed by atoms with Crippen molar-refractivity contribution in [2.45, 2.75) is 13.8 Å². The second-order valence-corrected chi connectivity index (χ2v) is 6.40. The number of hydrogen-bond donors (Lipinski definition) is 0. The van der Waals surface area contributed by atoms with E-state index in [9.17, 15) is 10.1 Å². The molecule has 29 heavy (non-hydrogen) atoms.